The topological polar surface area (TPSA) is 124 Å². The van der Waals surface area contributed by atoms with Crippen LogP contribution in [0.5, 0.6) is 0 Å². The van der Waals surface area contributed by atoms with Gasteiger partial charge in [-0.2, -0.15) is 26.3 Å². The number of carbonyl (C=O) groups is 3. The molecule has 2 aromatic heterocycles. The first kappa shape index (κ1) is 31.0. The number of nitrogens with zero attached hydrogens (tertiary/aromatic N) is 4. The number of halogens is 6. The lowest BCUT2D eigenvalue weighted by atomic mass is 9.96. The third kappa shape index (κ3) is 9.24. The van der Waals surface area contributed by atoms with Gasteiger partial charge < -0.3 is 15.1 Å². The Bertz CT molecular complexity index is 1070. The van der Waals surface area contributed by atoms with Gasteiger partial charge in [-0.1, -0.05) is 0 Å². The van der Waals surface area contributed by atoms with Gasteiger partial charge in [-0.05, 0) is 37.5 Å². The lowest BCUT2D eigenvalue weighted by molar-refractivity contribution is -0.193. The van der Waals surface area contributed by atoms with Crippen molar-refractivity contribution in [3.63, 3.8) is 0 Å². The zero-order valence-electron chi connectivity index (χ0n) is 19.9. The SMILES string of the molecule is Cc1nc(CN2C(=O)CC[C@@H]3[C@H]2CCN3Cc2ccncc2)cs1.O=C(O)C(F)(F)F.O=C(O)C(F)(F)F. The molecular formula is C22H24F6N4O5S. The Labute approximate surface area is 216 Å². The summed E-state index contributed by atoms with van der Waals surface area (Å²) in [6, 6.07) is 4.96. The predicted octanol–water partition coefficient (Wildman–Crippen LogP) is 3.88. The maximum Gasteiger partial charge on any atom is 0.490 e. The Morgan fingerprint density at radius 2 is 1.55 bits per heavy atom. The molecule has 2 saturated heterocycles. The molecule has 2 aliphatic heterocycles. The molecular weight excluding hydrogens is 546 g/mol. The zero-order chi connectivity index (χ0) is 28.7. The average molecular weight is 571 g/mol. The van der Waals surface area contributed by atoms with Crippen LogP contribution < -0.4 is 0 Å². The molecule has 2 aromatic rings. The molecule has 2 N–H and O–H groups in total. The highest BCUT2D eigenvalue weighted by atomic mass is 32.1. The molecule has 4 heterocycles. The summed E-state index contributed by atoms with van der Waals surface area (Å²) in [5.41, 5.74) is 2.32. The van der Waals surface area contributed by atoms with Gasteiger partial charge in [-0.15, -0.1) is 11.3 Å². The van der Waals surface area contributed by atoms with E-state index in [1.54, 1.807) is 11.3 Å². The Kier molecular flexibility index (Phi) is 10.6. The smallest absolute Gasteiger partial charge is 0.475 e. The van der Waals surface area contributed by atoms with E-state index in [2.05, 4.69) is 37.3 Å². The number of carbonyl (C=O) groups excluding carboxylic acids is 1. The normalized spacial score (nSPS) is 19.6. The molecule has 9 nitrogen and oxygen atoms in total. The van der Waals surface area contributed by atoms with Crippen LogP contribution in [-0.2, 0) is 27.5 Å². The molecule has 0 unspecified atom stereocenters. The molecule has 0 saturated carbocycles. The Balaban J connectivity index is 0.000000301. The van der Waals surface area contributed by atoms with Crippen molar-refractivity contribution in [2.75, 3.05) is 6.54 Å². The van der Waals surface area contributed by atoms with E-state index < -0.39 is 24.3 Å². The molecule has 2 atom stereocenters. The fourth-order valence-electron chi connectivity index (χ4n) is 4.02. The number of aliphatic carboxylic acids is 2. The monoisotopic (exact) mass is 570 g/mol. The summed E-state index contributed by atoms with van der Waals surface area (Å²) in [5.74, 6) is -5.23. The van der Waals surface area contributed by atoms with Crippen LogP contribution in [0.1, 0.15) is 35.5 Å². The number of hydrogen-bond acceptors (Lipinski definition) is 7. The van der Waals surface area contributed by atoms with E-state index in [9.17, 15) is 31.1 Å². The molecule has 2 aliphatic rings. The Hall–Kier alpha value is -3.27. The van der Waals surface area contributed by atoms with E-state index in [1.165, 1.54) is 5.56 Å². The molecule has 4 rings (SSSR count). The first-order chi connectivity index (χ1) is 17.6. The summed E-state index contributed by atoms with van der Waals surface area (Å²) in [6.45, 7) is 4.67. The molecule has 0 aromatic carbocycles. The van der Waals surface area contributed by atoms with Gasteiger partial charge in [0.2, 0.25) is 5.91 Å². The Morgan fingerprint density at radius 3 is 2.03 bits per heavy atom. The van der Waals surface area contributed by atoms with E-state index in [0.29, 0.717) is 25.0 Å². The van der Waals surface area contributed by atoms with Gasteiger partial charge in [0.05, 0.1) is 17.2 Å². The van der Waals surface area contributed by atoms with Gasteiger partial charge in [0.25, 0.3) is 0 Å². The molecule has 0 bridgehead atoms. The highest BCUT2D eigenvalue weighted by Gasteiger charge is 2.43. The Morgan fingerprint density at radius 1 is 1.00 bits per heavy atom. The number of likely N-dealkylation sites (tertiary alicyclic amines) is 2. The molecule has 2 fully saturated rings. The van der Waals surface area contributed by atoms with Gasteiger partial charge in [0.1, 0.15) is 0 Å². The molecule has 1 amide bonds. The minimum Gasteiger partial charge on any atom is -0.475 e. The third-order valence-electron chi connectivity index (χ3n) is 5.62. The minimum atomic E-state index is -5.08. The number of carboxylic acid groups (broad SMARTS) is 2. The van der Waals surface area contributed by atoms with E-state index in [4.69, 9.17) is 19.8 Å². The van der Waals surface area contributed by atoms with E-state index in [0.717, 1.165) is 36.6 Å². The van der Waals surface area contributed by atoms with Crippen molar-refractivity contribution >= 4 is 29.2 Å². The van der Waals surface area contributed by atoms with Crippen LogP contribution in [0.15, 0.2) is 29.9 Å². The maximum atomic E-state index is 12.5. The van der Waals surface area contributed by atoms with Crippen molar-refractivity contribution < 1.29 is 50.9 Å². The van der Waals surface area contributed by atoms with Gasteiger partial charge in [-0.3, -0.25) is 14.7 Å². The van der Waals surface area contributed by atoms with Gasteiger partial charge in [0.15, 0.2) is 0 Å². The summed E-state index contributed by atoms with van der Waals surface area (Å²) in [5, 5.41) is 17.4. The number of aryl methyl sites for hydroxylation is 1. The second kappa shape index (κ2) is 13.0. The van der Waals surface area contributed by atoms with Crippen LogP contribution >= 0.6 is 11.3 Å². The van der Waals surface area contributed by atoms with Crippen molar-refractivity contribution in [2.24, 2.45) is 0 Å². The lowest BCUT2D eigenvalue weighted by Gasteiger charge is -2.39. The first-order valence-corrected chi connectivity index (χ1v) is 11.9. The van der Waals surface area contributed by atoms with E-state index in [1.807, 2.05) is 19.3 Å². The van der Waals surface area contributed by atoms with Gasteiger partial charge in [-0.25, -0.2) is 14.6 Å². The molecule has 16 heteroatoms. The number of amides is 1. The van der Waals surface area contributed by atoms with Gasteiger partial charge >= 0.3 is 24.3 Å². The van der Waals surface area contributed by atoms with Crippen molar-refractivity contribution in [2.45, 2.75) is 63.7 Å². The molecule has 38 heavy (non-hydrogen) atoms. The predicted molar refractivity (Wildman–Crippen MR) is 121 cm³/mol. The second-order valence-corrected chi connectivity index (χ2v) is 9.34. The van der Waals surface area contributed by atoms with E-state index >= 15 is 0 Å². The summed E-state index contributed by atoms with van der Waals surface area (Å²) in [4.78, 5) is 43.5. The van der Waals surface area contributed by atoms with Crippen molar-refractivity contribution in [3.05, 3.63) is 46.2 Å². The highest BCUT2D eigenvalue weighted by molar-refractivity contribution is 7.09. The van der Waals surface area contributed by atoms with Crippen molar-refractivity contribution in [1.82, 2.24) is 19.8 Å². The number of thiazole rings is 1. The summed E-state index contributed by atoms with van der Waals surface area (Å²) in [6.07, 6.45) is -3.78. The first-order valence-electron chi connectivity index (χ1n) is 11.0. The number of fused-ring (bicyclic) bond motifs is 1. The second-order valence-electron chi connectivity index (χ2n) is 8.27. The standard InChI is InChI=1S/C18H22N4OS.2C2HF3O2/c1-13-20-15(12-24-13)11-22-17-6-9-21(16(17)2-3-18(22)23)10-14-4-7-19-8-5-14;2*3-2(4,5)1(6)7/h4-5,7-8,12,16-17H,2-3,6,9-11H2,1H3;2*(H,6,7)/t16-,17-;;/m1../s1. The van der Waals surface area contributed by atoms with Crippen LogP contribution in [0.2, 0.25) is 0 Å². The van der Waals surface area contributed by atoms with Crippen LogP contribution in [0.4, 0.5) is 26.3 Å². The summed E-state index contributed by atoms with van der Waals surface area (Å²) < 4.78 is 63.5. The van der Waals surface area contributed by atoms with Crippen LogP contribution in [0.3, 0.4) is 0 Å². The fourth-order valence-corrected chi connectivity index (χ4v) is 4.62. The van der Waals surface area contributed by atoms with Crippen LogP contribution in [0, 0.1) is 6.92 Å². The quantitative estimate of drug-likeness (QED) is 0.531. The van der Waals surface area contributed by atoms with E-state index in [-0.39, 0.29) is 5.91 Å². The lowest BCUT2D eigenvalue weighted by Crippen LogP contribution is -2.51. The number of hydrogen-bond donors (Lipinski definition) is 2. The maximum absolute atomic E-state index is 12.5. The molecule has 0 aliphatic carbocycles. The summed E-state index contributed by atoms with van der Waals surface area (Å²) in [7, 11) is 0. The van der Waals surface area contributed by atoms with Crippen molar-refractivity contribution in [3.8, 4) is 0 Å². The fraction of sp³-hybridized carbons (Fsp3) is 0.500. The van der Waals surface area contributed by atoms with Crippen LogP contribution in [-0.4, -0.2) is 78.8 Å². The zero-order valence-corrected chi connectivity index (χ0v) is 20.7. The molecule has 0 spiro atoms. The largest absolute Gasteiger partial charge is 0.490 e. The number of pyridine rings is 1. The third-order valence-corrected chi connectivity index (χ3v) is 6.44. The number of aromatic nitrogens is 2. The number of rotatable bonds is 4. The number of piperidine rings is 1. The summed E-state index contributed by atoms with van der Waals surface area (Å²) >= 11 is 1.66. The van der Waals surface area contributed by atoms with Gasteiger partial charge in [0, 0.05) is 49.4 Å². The molecule has 210 valence electrons. The minimum absolute atomic E-state index is 0.285. The number of alkyl halides is 6. The van der Waals surface area contributed by atoms with Crippen molar-refractivity contribution in [1.29, 1.82) is 0 Å². The highest BCUT2D eigenvalue weighted by Crippen LogP contribution is 2.33. The molecule has 0 radical (unpaired) electrons. The number of carboxylic acids is 2. The average Bonchev–Trinajstić information content (AvgIpc) is 3.42. The van der Waals surface area contributed by atoms with Crippen LogP contribution in [0.25, 0.3) is 0 Å².